The van der Waals surface area contributed by atoms with Gasteiger partial charge in [0.15, 0.2) is 0 Å². The molecule has 0 bridgehead atoms. The minimum absolute atomic E-state index is 0.00153. The summed E-state index contributed by atoms with van der Waals surface area (Å²) in [5, 5.41) is 8.66. The van der Waals surface area contributed by atoms with E-state index in [2.05, 4.69) is 0 Å². The number of nitrogens with zero attached hydrogens (tertiary/aromatic N) is 1. The minimum atomic E-state index is -0.469. The molecule has 0 rings (SSSR count). The number of carbonyl (C=O) groups is 1. The third-order valence-electron chi connectivity index (χ3n) is 1.56. The fourth-order valence-electron chi connectivity index (χ4n) is 1.01. The van der Waals surface area contributed by atoms with Crippen molar-refractivity contribution >= 4 is 5.91 Å². The van der Waals surface area contributed by atoms with E-state index in [1.165, 1.54) is 0 Å². The first-order valence-electron chi connectivity index (χ1n) is 4.28. The van der Waals surface area contributed by atoms with Crippen LogP contribution in [-0.2, 0) is 4.79 Å². The maximum absolute atomic E-state index is 11.3. The Morgan fingerprint density at radius 1 is 1.58 bits per heavy atom. The lowest BCUT2D eigenvalue weighted by molar-refractivity contribution is -0.132. The Hall–Kier alpha value is -0.610. The summed E-state index contributed by atoms with van der Waals surface area (Å²) in [6.07, 6.45) is 0.887. The van der Waals surface area contributed by atoms with Crippen LogP contribution in [0.4, 0.5) is 0 Å². The molecule has 0 aromatic heterocycles. The first-order chi connectivity index (χ1) is 5.63. The zero-order valence-corrected chi connectivity index (χ0v) is 7.79. The Morgan fingerprint density at radius 3 is 2.50 bits per heavy atom. The molecule has 72 valence electrons. The summed E-state index contributed by atoms with van der Waals surface area (Å²) < 4.78 is 0. The van der Waals surface area contributed by atoms with E-state index in [0.717, 1.165) is 6.42 Å². The quantitative estimate of drug-likeness (QED) is 0.594. The van der Waals surface area contributed by atoms with Crippen LogP contribution in [0.25, 0.3) is 0 Å². The first kappa shape index (κ1) is 11.4. The van der Waals surface area contributed by atoms with Gasteiger partial charge in [-0.05, 0) is 13.3 Å². The summed E-state index contributed by atoms with van der Waals surface area (Å²) in [6.45, 7) is 4.69. The van der Waals surface area contributed by atoms with Crippen LogP contribution in [0.15, 0.2) is 0 Å². The van der Waals surface area contributed by atoms with Crippen LogP contribution in [0.1, 0.15) is 20.3 Å². The molecule has 1 atom stereocenters. The van der Waals surface area contributed by atoms with Crippen LogP contribution < -0.4 is 5.73 Å². The highest BCUT2D eigenvalue weighted by atomic mass is 16.3. The summed E-state index contributed by atoms with van der Waals surface area (Å²) in [5.41, 5.74) is 5.42. The van der Waals surface area contributed by atoms with Gasteiger partial charge in [-0.1, -0.05) is 6.92 Å². The Labute approximate surface area is 73.3 Å². The predicted molar refractivity (Wildman–Crippen MR) is 47.6 cm³/mol. The van der Waals surface area contributed by atoms with Gasteiger partial charge in [-0.2, -0.15) is 0 Å². The van der Waals surface area contributed by atoms with Gasteiger partial charge in [0.05, 0.1) is 12.6 Å². The molecule has 0 radical (unpaired) electrons. The molecule has 0 aliphatic carbocycles. The summed E-state index contributed by atoms with van der Waals surface area (Å²) in [5.74, 6) is -0.0918. The molecular weight excluding hydrogens is 156 g/mol. The number of carbonyl (C=O) groups excluding carboxylic acids is 1. The Kier molecular flexibility index (Phi) is 5.66. The van der Waals surface area contributed by atoms with Crippen LogP contribution in [0.3, 0.4) is 0 Å². The van der Waals surface area contributed by atoms with Crippen LogP contribution in [0.2, 0.25) is 0 Å². The molecule has 0 saturated heterocycles. The standard InChI is InChI=1S/C8H18N2O2/c1-3-4-10(5-6-11)8(12)7(2)9/h7,11H,3-6,9H2,1-2H3/t7-/m0/s1. The molecule has 4 heteroatoms. The topological polar surface area (TPSA) is 66.6 Å². The number of nitrogens with two attached hydrogens (primary N) is 1. The number of aliphatic hydroxyl groups is 1. The van der Waals surface area contributed by atoms with Crippen molar-refractivity contribution in [3.8, 4) is 0 Å². The summed E-state index contributed by atoms with van der Waals surface area (Å²) in [7, 11) is 0. The number of hydrogen-bond acceptors (Lipinski definition) is 3. The minimum Gasteiger partial charge on any atom is -0.395 e. The van der Waals surface area contributed by atoms with E-state index in [-0.39, 0.29) is 12.5 Å². The molecule has 0 heterocycles. The van der Waals surface area contributed by atoms with Gasteiger partial charge in [-0.15, -0.1) is 0 Å². The third kappa shape index (κ3) is 3.69. The van der Waals surface area contributed by atoms with E-state index < -0.39 is 6.04 Å². The Bertz CT molecular complexity index is 131. The van der Waals surface area contributed by atoms with Crippen molar-refractivity contribution < 1.29 is 9.90 Å². The molecular formula is C8H18N2O2. The molecule has 4 nitrogen and oxygen atoms in total. The van der Waals surface area contributed by atoms with Crippen molar-refractivity contribution in [2.24, 2.45) is 5.73 Å². The van der Waals surface area contributed by atoms with E-state index in [9.17, 15) is 4.79 Å². The van der Waals surface area contributed by atoms with E-state index in [1.54, 1.807) is 11.8 Å². The van der Waals surface area contributed by atoms with Gasteiger partial charge < -0.3 is 15.7 Å². The van der Waals surface area contributed by atoms with Crippen molar-refractivity contribution in [3.63, 3.8) is 0 Å². The summed E-state index contributed by atoms with van der Waals surface area (Å²) in [6, 6.07) is -0.469. The zero-order chi connectivity index (χ0) is 9.56. The fourth-order valence-corrected chi connectivity index (χ4v) is 1.01. The van der Waals surface area contributed by atoms with Crippen molar-refractivity contribution in [3.05, 3.63) is 0 Å². The van der Waals surface area contributed by atoms with Crippen LogP contribution in [-0.4, -0.2) is 41.7 Å². The Balaban J connectivity index is 3.99. The molecule has 3 N–H and O–H groups in total. The first-order valence-corrected chi connectivity index (χ1v) is 4.28. The molecule has 1 amide bonds. The van der Waals surface area contributed by atoms with Gasteiger partial charge in [-0.3, -0.25) is 4.79 Å². The second-order valence-corrected chi connectivity index (χ2v) is 2.84. The van der Waals surface area contributed by atoms with E-state index in [0.29, 0.717) is 13.1 Å². The SMILES string of the molecule is CCCN(CCO)C(=O)[C@H](C)N. The lowest BCUT2D eigenvalue weighted by Crippen LogP contribution is -2.43. The van der Waals surface area contributed by atoms with Crippen molar-refractivity contribution in [2.45, 2.75) is 26.3 Å². The second kappa shape index (κ2) is 5.97. The highest BCUT2D eigenvalue weighted by Gasteiger charge is 2.15. The fraction of sp³-hybridized carbons (Fsp3) is 0.875. The molecule has 0 saturated carbocycles. The molecule has 0 fully saturated rings. The molecule has 0 unspecified atom stereocenters. The van der Waals surface area contributed by atoms with Gasteiger partial charge in [0.2, 0.25) is 5.91 Å². The van der Waals surface area contributed by atoms with Crippen LogP contribution in [0, 0.1) is 0 Å². The monoisotopic (exact) mass is 174 g/mol. The second-order valence-electron chi connectivity index (χ2n) is 2.84. The predicted octanol–water partition coefficient (Wildman–Crippen LogP) is -0.435. The normalized spacial score (nSPS) is 12.7. The van der Waals surface area contributed by atoms with Gasteiger partial charge >= 0.3 is 0 Å². The average molecular weight is 174 g/mol. The highest BCUT2D eigenvalue weighted by molar-refractivity contribution is 5.81. The van der Waals surface area contributed by atoms with E-state index in [4.69, 9.17) is 10.8 Å². The molecule has 0 aromatic carbocycles. The summed E-state index contributed by atoms with van der Waals surface area (Å²) in [4.78, 5) is 12.9. The maximum Gasteiger partial charge on any atom is 0.239 e. The van der Waals surface area contributed by atoms with Crippen LogP contribution >= 0.6 is 0 Å². The third-order valence-corrected chi connectivity index (χ3v) is 1.56. The molecule has 0 aromatic rings. The number of amides is 1. The Morgan fingerprint density at radius 2 is 2.17 bits per heavy atom. The van der Waals surface area contributed by atoms with Gasteiger partial charge in [0.25, 0.3) is 0 Å². The number of hydrogen-bond donors (Lipinski definition) is 2. The maximum atomic E-state index is 11.3. The van der Waals surface area contributed by atoms with Crippen molar-refractivity contribution in [2.75, 3.05) is 19.7 Å². The van der Waals surface area contributed by atoms with E-state index in [1.807, 2.05) is 6.92 Å². The molecule has 0 spiro atoms. The van der Waals surface area contributed by atoms with Crippen LogP contribution in [0.5, 0.6) is 0 Å². The molecule has 0 aliphatic heterocycles. The van der Waals surface area contributed by atoms with E-state index >= 15 is 0 Å². The number of rotatable bonds is 5. The van der Waals surface area contributed by atoms with Crippen molar-refractivity contribution in [1.82, 2.24) is 4.90 Å². The van der Waals surface area contributed by atoms with Crippen molar-refractivity contribution in [1.29, 1.82) is 0 Å². The molecule has 12 heavy (non-hydrogen) atoms. The highest BCUT2D eigenvalue weighted by Crippen LogP contribution is 1.94. The lowest BCUT2D eigenvalue weighted by Gasteiger charge is -2.22. The smallest absolute Gasteiger partial charge is 0.239 e. The van der Waals surface area contributed by atoms with Gasteiger partial charge in [-0.25, -0.2) is 0 Å². The largest absolute Gasteiger partial charge is 0.395 e. The van der Waals surface area contributed by atoms with Gasteiger partial charge in [0.1, 0.15) is 0 Å². The number of aliphatic hydroxyl groups excluding tert-OH is 1. The summed E-state index contributed by atoms with van der Waals surface area (Å²) >= 11 is 0. The zero-order valence-electron chi connectivity index (χ0n) is 7.79. The molecule has 0 aliphatic rings. The van der Waals surface area contributed by atoms with Gasteiger partial charge in [0, 0.05) is 13.1 Å². The lowest BCUT2D eigenvalue weighted by atomic mass is 10.3. The average Bonchev–Trinajstić information content (AvgIpc) is 2.03.